The maximum atomic E-state index is 12.3. The average molecular weight is 362 g/mol. The smallest absolute Gasteiger partial charge is 0.422 e. The van der Waals surface area contributed by atoms with E-state index in [2.05, 4.69) is 14.4 Å². The zero-order chi connectivity index (χ0) is 17.8. The third-order valence-corrected chi connectivity index (χ3v) is 4.15. The van der Waals surface area contributed by atoms with Gasteiger partial charge in [0.15, 0.2) is 6.61 Å². The molecule has 10 heteroatoms. The standard InChI is InChI=1S/C14H13F3N2O4S/c1-22-11-4-2-3-5-12(11)24(20,21)19-10-6-7-13(18-8-10)23-9-14(15,16)17/h2-8,19H,9H2,1H3. The van der Waals surface area contributed by atoms with E-state index in [1.54, 1.807) is 6.07 Å². The summed E-state index contributed by atoms with van der Waals surface area (Å²) in [6.45, 7) is -1.48. The molecule has 130 valence electrons. The Morgan fingerprint density at radius 1 is 1.17 bits per heavy atom. The number of nitrogens with one attached hydrogen (secondary N) is 1. The summed E-state index contributed by atoms with van der Waals surface area (Å²) >= 11 is 0. The van der Waals surface area contributed by atoms with Gasteiger partial charge in [-0.25, -0.2) is 13.4 Å². The molecule has 1 aromatic heterocycles. The molecule has 0 unspecified atom stereocenters. The van der Waals surface area contributed by atoms with Crippen molar-refractivity contribution in [2.75, 3.05) is 18.4 Å². The van der Waals surface area contributed by atoms with E-state index in [1.807, 2.05) is 0 Å². The first kappa shape index (κ1) is 17.9. The molecule has 0 atom stereocenters. The van der Waals surface area contributed by atoms with Crippen molar-refractivity contribution in [2.24, 2.45) is 0 Å². The molecule has 0 saturated heterocycles. The lowest BCUT2D eigenvalue weighted by Gasteiger charge is -2.12. The fraction of sp³-hybridized carbons (Fsp3) is 0.214. The third kappa shape index (κ3) is 4.75. The minimum atomic E-state index is -4.48. The number of halogens is 3. The highest BCUT2D eigenvalue weighted by Gasteiger charge is 2.28. The molecule has 0 saturated carbocycles. The van der Waals surface area contributed by atoms with Gasteiger partial charge in [0.25, 0.3) is 10.0 Å². The zero-order valence-electron chi connectivity index (χ0n) is 12.4. The van der Waals surface area contributed by atoms with E-state index in [1.165, 1.54) is 31.4 Å². The first-order chi connectivity index (χ1) is 11.2. The van der Waals surface area contributed by atoms with Crippen LogP contribution >= 0.6 is 0 Å². The van der Waals surface area contributed by atoms with Crippen LogP contribution < -0.4 is 14.2 Å². The van der Waals surface area contributed by atoms with Crippen molar-refractivity contribution >= 4 is 15.7 Å². The van der Waals surface area contributed by atoms with Crippen molar-refractivity contribution in [2.45, 2.75) is 11.1 Å². The van der Waals surface area contributed by atoms with Gasteiger partial charge in [0.1, 0.15) is 10.6 Å². The first-order valence-electron chi connectivity index (χ1n) is 6.53. The number of ether oxygens (including phenoxy) is 2. The SMILES string of the molecule is COc1ccccc1S(=O)(=O)Nc1ccc(OCC(F)(F)F)nc1. The predicted octanol–water partition coefficient (Wildman–Crippen LogP) is 2.83. The molecular formula is C14H13F3N2O4S. The van der Waals surface area contributed by atoms with Crippen molar-refractivity contribution < 1.29 is 31.1 Å². The fourth-order valence-electron chi connectivity index (χ4n) is 1.73. The van der Waals surface area contributed by atoms with Gasteiger partial charge < -0.3 is 9.47 Å². The van der Waals surface area contributed by atoms with Crippen molar-refractivity contribution in [3.05, 3.63) is 42.6 Å². The fourth-order valence-corrected chi connectivity index (χ4v) is 2.95. The molecule has 0 fully saturated rings. The topological polar surface area (TPSA) is 77.5 Å². The largest absolute Gasteiger partial charge is 0.495 e. The Morgan fingerprint density at radius 2 is 1.88 bits per heavy atom. The number of sulfonamides is 1. The Hall–Kier alpha value is -2.49. The molecule has 0 aliphatic rings. The van der Waals surface area contributed by atoms with E-state index < -0.39 is 22.8 Å². The van der Waals surface area contributed by atoms with E-state index in [0.29, 0.717) is 0 Å². The van der Waals surface area contributed by atoms with Crippen LogP contribution in [0, 0.1) is 0 Å². The highest BCUT2D eigenvalue weighted by molar-refractivity contribution is 7.92. The van der Waals surface area contributed by atoms with Crippen LogP contribution in [0.5, 0.6) is 11.6 Å². The van der Waals surface area contributed by atoms with Gasteiger partial charge >= 0.3 is 6.18 Å². The summed E-state index contributed by atoms with van der Waals surface area (Å²) in [7, 11) is -2.60. The van der Waals surface area contributed by atoms with Gasteiger partial charge in [-0.05, 0) is 18.2 Å². The van der Waals surface area contributed by atoms with Gasteiger partial charge in [0.2, 0.25) is 5.88 Å². The summed E-state index contributed by atoms with van der Waals surface area (Å²) in [6.07, 6.45) is -3.43. The number of pyridine rings is 1. The molecule has 0 bridgehead atoms. The zero-order valence-corrected chi connectivity index (χ0v) is 13.2. The molecule has 0 aliphatic heterocycles. The van der Waals surface area contributed by atoms with E-state index in [-0.39, 0.29) is 22.2 Å². The second kappa shape index (κ2) is 6.95. The predicted molar refractivity (Wildman–Crippen MR) is 79.6 cm³/mol. The summed E-state index contributed by atoms with van der Waals surface area (Å²) in [4.78, 5) is 3.54. The number of nitrogens with zero attached hydrogens (tertiary/aromatic N) is 1. The molecule has 1 heterocycles. The van der Waals surface area contributed by atoms with Crippen LogP contribution in [0.25, 0.3) is 0 Å². The van der Waals surface area contributed by atoms with Gasteiger partial charge in [0.05, 0.1) is 19.0 Å². The van der Waals surface area contributed by atoms with Gasteiger partial charge in [-0.15, -0.1) is 0 Å². The van der Waals surface area contributed by atoms with Crippen LogP contribution in [0.2, 0.25) is 0 Å². The van der Waals surface area contributed by atoms with Crippen molar-refractivity contribution in [1.29, 1.82) is 0 Å². The number of methoxy groups -OCH3 is 1. The summed E-state index contributed by atoms with van der Waals surface area (Å²) < 4.78 is 72.5. The van der Waals surface area contributed by atoms with Crippen LogP contribution in [0.1, 0.15) is 0 Å². The molecule has 1 N–H and O–H groups in total. The number of aromatic nitrogens is 1. The van der Waals surface area contributed by atoms with Gasteiger partial charge in [0, 0.05) is 6.07 Å². The number of anilines is 1. The van der Waals surface area contributed by atoms with Gasteiger partial charge in [-0.1, -0.05) is 12.1 Å². The number of hydrogen-bond acceptors (Lipinski definition) is 5. The number of rotatable bonds is 6. The molecule has 0 aliphatic carbocycles. The Balaban J connectivity index is 2.13. The van der Waals surface area contributed by atoms with Crippen molar-refractivity contribution in [3.63, 3.8) is 0 Å². The maximum Gasteiger partial charge on any atom is 0.422 e. The Labute approximate surface area is 136 Å². The summed E-state index contributed by atoms with van der Waals surface area (Å²) in [5.41, 5.74) is 0.0697. The van der Waals surface area contributed by atoms with Crippen molar-refractivity contribution in [3.8, 4) is 11.6 Å². The quantitative estimate of drug-likeness (QED) is 0.855. The molecular weight excluding hydrogens is 349 g/mol. The molecule has 2 rings (SSSR count). The molecule has 0 amide bonds. The normalized spacial score (nSPS) is 11.8. The lowest BCUT2D eigenvalue weighted by Crippen LogP contribution is -2.19. The number of benzene rings is 1. The Morgan fingerprint density at radius 3 is 2.46 bits per heavy atom. The highest BCUT2D eigenvalue weighted by atomic mass is 32.2. The van der Waals surface area contributed by atoms with E-state index in [9.17, 15) is 21.6 Å². The van der Waals surface area contributed by atoms with Crippen molar-refractivity contribution in [1.82, 2.24) is 4.98 Å². The van der Waals surface area contributed by atoms with E-state index in [0.717, 1.165) is 12.3 Å². The monoisotopic (exact) mass is 362 g/mol. The summed E-state index contributed by atoms with van der Waals surface area (Å²) in [5, 5.41) is 0. The Bertz CT molecular complexity index is 792. The van der Waals surface area contributed by atoms with E-state index >= 15 is 0 Å². The lowest BCUT2D eigenvalue weighted by molar-refractivity contribution is -0.154. The van der Waals surface area contributed by atoms with Crippen LogP contribution in [-0.2, 0) is 10.0 Å². The molecule has 0 radical (unpaired) electrons. The van der Waals surface area contributed by atoms with Crippen LogP contribution in [0.15, 0.2) is 47.5 Å². The minimum absolute atomic E-state index is 0.0697. The van der Waals surface area contributed by atoms with Crippen LogP contribution in [0.3, 0.4) is 0 Å². The maximum absolute atomic E-state index is 12.3. The highest BCUT2D eigenvalue weighted by Crippen LogP contribution is 2.25. The Kier molecular flexibility index (Phi) is 5.17. The van der Waals surface area contributed by atoms with Crippen LogP contribution in [-0.4, -0.2) is 33.3 Å². The molecule has 6 nitrogen and oxygen atoms in total. The minimum Gasteiger partial charge on any atom is -0.495 e. The second-order valence-corrected chi connectivity index (χ2v) is 6.20. The summed E-state index contributed by atoms with van der Waals surface area (Å²) in [6, 6.07) is 8.36. The lowest BCUT2D eigenvalue weighted by atomic mass is 10.3. The number of alkyl halides is 3. The average Bonchev–Trinajstić information content (AvgIpc) is 2.53. The van der Waals surface area contributed by atoms with Gasteiger partial charge in [-0.3, -0.25) is 4.72 Å². The molecule has 0 spiro atoms. The van der Waals surface area contributed by atoms with E-state index in [4.69, 9.17) is 4.74 Å². The molecule has 1 aromatic carbocycles. The van der Waals surface area contributed by atoms with Gasteiger partial charge in [-0.2, -0.15) is 13.2 Å². The first-order valence-corrected chi connectivity index (χ1v) is 8.01. The van der Waals surface area contributed by atoms with Crippen LogP contribution in [0.4, 0.5) is 18.9 Å². The number of hydrogen-bond donors (Lipinski definition) is 1. The molecule has 24 heavy (non-hydrogen) atoms. The summed E-state index contributed by atoms with van der Waals surface area (Å²) in [5.74, 6) is -0.115. The molecule has 2 aromatic rings. The third-order valence-electron chi connectivity index (χ3n) is 2.73. The number of para-hydroxylation sites is 1. The second-order valence-electron chi connectivity index (χ2n) is 4.55.